The third kappa shape index (κ3) is 4.44. The van der Waals surface area contributed by atoms with Crippen LogP contribution in [0.15, 0.2) is 23.1 Å². The summed E-state index contributed by atoms with van der Waals surface area (Å²) in [7, 11) is 1.64. The van der Waals surface area contributed by atoms with Gasteiger partial charge in [0.2, 0.25) is 5.91 Å². The van der Waals surface area contributed by atoms with Crippen LogP contribution >= 0.6 is 0 Å². The number of piperidine rings is 1. The molecule has 0 radical (unpaired) electrons. The van der Waals surface area contributed by atoms with Gasteiger partial charge in [-0.05, 0) is 50.9 Å². The van der Waals surface area contributed by atoms with E-state index in [2.05, 4.69) is 9.88 Å². The first-order valence-corrected chi connectivity index (χ1v) is 11.2. The van der Waals surface area contributed by atoms with Crippen molar-refractivity contribution in [3.63, 3.8) is 0 Å². The Labute approximate surface area is 177 Å². The largest absolute Gasteiger partial charge is 0.383 e. The number of nitrogens with zero attached hydrogens (tertiary/aromatic N) is 5. The van der Waals surface area contributed by atoms with Gasteiger partial charge in [0.25, 0.3) is 0 Å². The molecule has 2 aromatic heterocycles. The highest BCUT2D eigenvalue weighted by atomic mass is 16.5. The second-order valence-electron chi connectivity index (χ2n) is 8.47. The van der Waals surface area contributed by atoms with E-state index in [1.54, 1.807) is 22.4 Å². The van der Waals surface area contributed by atoms with Crippen molar-refractivity contribution in [1.29, 1.82) is 0 Å². The van der Waals surface area contributed by atoms with Crippen LogP contribution in [0.5, 0.6) is 0 Å². The monoisotopic (exact) mass is 415 g/mol. The number of imidazole rings is 1. The molecule has 2 saturated heterocycles. The molecule has 0 bridgehead atoms. The fourth-order valence-corrected chi connectivity index (χ4v) is 4.81. The summed E-state index contributed by atoms with van der Waals surface area (Å²) in [5, 5.41) is 0. The minimum absolute atomic E-state index is 0.0412. The molecular formula is C22H33N5O3. The summed E-state index contributed by atoms with van der Waals surface area (Å²) >= 11 is 0. The maximum atomic E-state index is 13.2. The molecular weight excluding hydrogens is 382 g/mol. The quantitative estimate of drug-likeness (QED) is 0.720. The first-order chi connectivity index (χ1) is 14.7. The minimum atomic E-state index is -0.0624. The normalized spacial score (nSPS) is 21.1. The second kappa shape index (κ2) is 9.75. The molecule has 1 amide bonds. The summed E-state index contributed by atoms with van der Waals surface area (Å²) in [4.78, 5) is 35.0. The summed E-state index contributed by atoms with van der Waals surface area (Å²) < 4.78 is 8.73. The van der Waals surface area contributed by atoms with Crippen molar-refractivity contribution >= 4 is 17.1 Å². The maximum absolute atomic E-state index is 13.2. The molecule has 0 unspecified atom stereocenters. The summed E-state index contributed by atoms with van der Waals surface area (Å²) in [6.45, 7) is 4.84. The van der Waals surface area contributed by atoms with Crippen LogP contribution in [-0.4, -0.2) is 76.3 Å². The van der Waals surface area contributed by atoms with Gasteiger partial charge >= 0.3 is 5.69 Å². The lowest BCUT2D eigenvalue weighted by molar-refractivity contribution is -0.134. The van der Waals surface area contributed by atoms with E-state index in [9.17, 15) is 9.59 Å². The van der Waals surface area contributed by atoms with E-state index < -0.39 is 0 Å². The molecule has 1 atom stereocenters. The van der Waals surface area contributed by atoms with Crippen LogP contribution < -0.4 is 5.69 Å². The molecule has 0 spiro atoms. The van der Waals surface area contributed by atoms with Crippen LogP contribution in [0.1, 0.15) is 44.6 Å². The number of aromatic nitrogens is 3. The number of hydrogen-bond acceptors (Lipinski definition) is 5. The van der Waals surface area contributed by atoms with Crippen molar-refractivity contribution in [3.8, 4) is 0 Å². The number of pyridine rings is 1. The molecule has 30 heavy (non-hydrogen) atoms. The van der Waals surface area contributed by atoms with Gasteiger partial charge in [0.15, 0.2) is 5.65 Å². The Morgan fingerprint density at radius 2 is 1.97 bits per heavy atom. The van der Waals surface area contributed by atoms with Gasteiger partial charge in [0, 0.05) is 26.4 Å². The number of carbonyl (C=O) groups is 1. The zero-order valence-corrected chi connectivity index (χ0v) is 18.0. The fraction of sp³-hybridized carbons (Fsp3) is 0.682. The number of amides is 1. The molecule has 8 nitrogen and oxygen atoms in total. The summed E-state index contributed by atoms with van der Waals surface area (Å²) in [5.74, 6) is 0.186. The summed E-state index contributed by atoms with van der Waals surface area (Å²) in [5.41, 5.74) is 1.46. The Morgan fingerprint density at radius 1 is 1.17 bits per heavy atom. The molecule has 2 aromatic rings. The highest BCUT2D eigenvalue weighted by Gasteiger charge is 2.29. The molecule has 0 N–H and O–H groups in total. The number of hydrogen-bond donors (Lipinski definition) is 0. The average molecular weight is 416 g/mol. The molecule has 2 aliphatic rings. The van der Waals surface area contributed by atoms with Gasteiger partial charge in [-0.3, -0.25) is 18.8 Å². The van der Waals surface area contributed by atoms with Crippen LogP contribution in [0.2, 0.25) is 0 Å². The molecule has 8 heteroatoms. The van der Waals surface area contributed by atoms with E-state index >= 15 is 0 Å². The SMILES string of the molecule is COCCn1c(=O)n([C@H]2CCCN(C(=O)CN3CCCCCC3)C2)c2ncccc21. The Hall–Kier alpha value is -2.19. The van der Waals surface area contributed by atoms with E-state index in [1.165, 1.54) is 25.7 Å². The fourth-order valence-electron chi connectivity index (χ4n) is 4.81. The molecule has 2 aliphatic heterocycles. The lowest BCUT2D eigenvalue weighted by Gasteiger charge is -2.34. The van der Waals surface area contributed by atoms with Gasteiger partial charge in [0.05, 0.1) is 31.3 Å². The van der Waals surface area contributed by atoms with Crippen molar-refractivity contribution in [2.75, 3.05) is 46.4 Å². The third-order valence-electron chi connectivity index (χ3n) is 6.41. The summed E-state index contributed by atoms with van der Waals surface area (Å²) in [6, 6.07) is 3.74. The number of carbonyl (C=O) groups excluding carboxylic acids is 1. The Balaban J connectivity index is 1.53. The van der Waals surface area contributed by atoms with Gasteiger partial charge in [-0.1, -0.05) is 12.8 Å². The maximum Gasteiger partial charge on any atom is 0.330 e. The van der Waals surface area contributed by atoms with Gasteiger partial charge < -0.3 is 9.64 Å². The highest BCUT2D eigenvalue weighted by Crippen LogP contribution is 2.24. The van der Waals surface area contributed by atoms with E-state index in [0.717, 1.165) is 38.0 Å². The first kappa shape index (κ1) is 21.1. The van der Waals surface area contributed by atoms with Crippen LogP contribution in [0, 0.1) is 0 Å². The highest BCUT2D eigenvalue weighted by molar-refractivity contribution is 5.78. The molecule has 0 aromatic carbocycles. The lowest BCUT2D eigenvalue weighted by Crippen LogP contribution is -2.47. The van der Waals surface area contributed by atoms with Crippen molar-refractivity contribution in [1.82, 2.24) is 23.9 Å². The van der Waals surface area contributed by atoms with Crippen LogP contribution in [-0.2, 0) is 16.1 Å². The second-order valence-corrected chi connectivity index (χ2v) is 8.47. The van der Waals surface area contributed by atoms with Crippen LogP contribution in [0.4, 0.5) is 0 Å². The standard InChI is InChI=1S/C22H33N5O3/c1-30-15-14-26-19-9-6-10-23-21(19)27(22(26)29)18-8-7-13-25(16-18)20(28)17-24-11-4-2-3-5-12-24/h6,9-10,18H,2-5,7-8,11-17H2,1H3/t18-/m0/s1. The molecule has 4 rings (SSSR count). The van der Waals surface area contributed by atoms with E-state index in [0.29, 0.717) is 31.9 Å². The Bertz CT molecular complexity index is 913. The average Bonchev–Trinajstić information content (AvgIpc) is 2.89. The number of methoxy groups -OCH3 is 1. The van der Waals surface area contributed by atoms with Gasteiger partial charge in [-0.25, -0.2) is 9.78 Å². The predicted molar refractivity (Wildman–Crippen MR) is 116 cm³/mol. The number of rotatable bonds is 6. The summed E-state index contributed by atoms with van der Waals surface area (Å²) in [6.07, 6.45) is 8.40. The van der Waals surface area contributed by atoms with E-state index in [1.807, 2.05) is 17.0 Å². The van der Waals surface area contributed by atoms with Crippen molar-refractivity contribution in [2.45, 2.75) is 51.1 Å². The molecule has 0 aliphatic carbocycles. The number of likely N-dealkylation sites (tertiary alicyclic amines) is 2. The van der Waals surface area contributed by atoms with Gasteiger partial charge in [0.1, 0.15) is 0 Å². The van der Waals surface area contributed by atoms with Crippen molar-refractivity contribution in [2.24, 2.45) is 0 Å². The third-order valence-corrected chi connectivity index (χ3v) is 6.41. The Kier molecular flexibility index (Phi) is 6.84. The smallest absolute Gasteiger partial charge is 0.330 e. The molecule has 164 valence electrons. The first-order valence-electron chi connectivity index (χ1n) is 11.2. The zero-order valence-electron chi connectivity index (χ0n) is 18.0. The molecule has 0 saturated carbocycles. The minimum Gasteiger partial charge on any atom is -0.383 e. The lowest BCUT2D eigenvalue weighted by atomic mass is 10.1. The van der Waals surface area contributed by atoms with Crippen LogP contribution in [0.25, 0.3) is 11.2 Å². The number of ether oxygens (including phenoxy) is 1. The zero-order chi connectivity index (χ0) is 20.9. The topological polar surface area (TPSA) is 72.6 Å². The van der Waals surface area contributed by atoms with E-state index in [-0.39, 0.29) is 17.6 Å². The predicted octanol–water partition coefficient (Wildman–Crippen LogP) is 1.88. The Morgan fingerprint density at radius 3 is 2.73 bits per heavy atom. The van der Waals surface area contributed by atoms with Crippen molar-refractivity contribution in [3.05, 3.63) is 28.8 Å². The number of fused-ring (bicyclic) bond motifs is 1. The molecule has 4 heterocycles. The van der Waals surface area contributed by atoms with E-state index in [4.69, 9.17) is 4.74 Å². The van der Waals surface area contributed by atoms with Gasteiger partial charge in [-0.2, -0.15) is 0 Å². The van der Waals surface area contributed by atoms with Crippen LogP contribution in [0.3, 0.4) is 0 Å². The molecule has 2 fully saturated rings. The van der Waals surface area contributed by atoms with Gasteiger partial charge in [-0.15, -0.1) is 0 Å². The van der Waals surface area contributed by atoms with Crippen molar-refractivity contribution < 1.29 is 9.53 Å².